The lowest BCUT2D eigenvalue weighted by Crippen LogP contribution is -2.46. The molecule has 0 saturated heterocycles. The molecule has 6 heteroatoms. The van der Waals surface area contributed by atoms with Gasteiger partial charge in [-0.1, -0.05) is 50.1 Å². The van der Waals surface area contributed by atoms with Gasteiger partial charge in [-0.2, -0.15) is 0 Å². The maximum absolute atomic E-state index is 12.3. The van der Waals surface area contributed by atoms with Gasteiger partial charge in [-0.05, 0) is 48.6 Å². The van der Waals surface area contributed by atoms with Crippen molar-refractivity contribution in [1.82, 2.24) is 10.6 Å². The maximum Gasteiger partial charge on any atom is 0.326 e. The van der Waals surface area contributed by atoms with Crippen LogP contribution in [0.5, 0.6) is 0 Å². The van der Waals surface area contributed by atoms with Gasteiger partial charge in [0.1, 0.15) is 6.54 Å². The number of hydrogen-bond acceptors (Lipinski definition) is 4. The van der Waals surface area contributed by atoms with E-state index in [9.17, 15) is 14.4 Å². The second-order valence-electron chi connectivity index (χ2n) is 7.75. The average Bonchev–Trinajstić information content (AvgIpc) is 2.73. The van der Waals surface area contributed by atoms with Crippen LogP contribution in [0.2, 0.25) is 0 Å². The highest BCUT2D eigenvalue weighted by atomic mass is 16.5. The molecule has 29 heavy (non-hydrogen) atoms. The minimum Gasteiger partial charge on any atom is -0.451 e. The SMILES string of the molecule is C[C@@H]1CCCC[C@@H]1NC(=O)[C@@H](C)OC(=O)CNC(=O)c1ccc2ccccc2c1. The van der Waals surface area contributed by atoms with E-state index in [0.717, 1.165) is 30.0 Å². The summed E-state index contributed by atoms with van der Waals surface area (Å²) in [5, 5.41) is 7.52. The lowest BCUT2D eigenvalue weighted by Gasteiger charge is -2.30. The molecule has 1 aliphatic carbocycles. The van der Waals surface area contributed by atoms with Gasteiger partial charge in [0, 0.05) is 11.6 Å². The molecule has 3 rings (SSSR count). The second-order valence-corrected chi connectivity index (χ2v) is 7.75. The molecule has 0 unspecified atom stereocenters. The fraction of sp³-hybridized carbons (Fsp3) is 0.435. The summed E-state index contributed by atoms with van der Waals surface area (Å²) in [5.74, 6) is -0.867. The van der Waals surface area contributed by atoms with E-state index in [4.69, 9.17) is 4.74 Å². The number of rotatable bonds is 6. The molecule has 0 aliphatic heterocycles. The van der Waals surface area contributed by atoms with Gasteiger partial charge >= 0.3 is 5.97 Å². The lowest BCUT2D eigenvalue weighted by atomic mass is 9.86. The van der Waals surface area contributed by atoms with Crippen molar-refractivity contribution < 1.29 is 19.1 Å². The highest BCUT2D eigenvalue weighted by Gasteiger charge is 2.26. The van der Waals surface area contributed by atoms with Crippen LogP contribution in [-0.2, 0) is 14.3 Å². The average molecular weight is 396 g/mol. The molecule has 3 atom stereocenters. The monoisotopic (exact) mass is 396 g/mol. The van der Waals surface area contributed by atoms with Crippen LogP contribution in [0, 0.1) is 5.92 Å². The molecule has 1 fully saturated rings. The predicted molar refractivity (Wildman–Crippen MR) is 111 cm³/mol. The summed E-state index contributed by atoms with van der Waals surface area (Å²) in [6.45, 7) is 3.39. The molecule has 0 aromatic heterocycles. The zero-order valence-electron chi connectivity index (χ0n) is 16.9. The van der Waals surface area contributed by atoms with Crippen molar-refractivity contribution in [3.63, 3.8) is 0 Å². The number of carbonyl (C=O) groups is 3. The van der Waals surface area contributed by atoms with Crippen molar-refractivity contribution in [2.24, 2.45) is 5.92 Å². The zero-order valence-corrected chi connectivity index (χ0v) is 16.9. The molecule has 2 N–H and O–H groups in total. The van der Waals surface area contributed by atoms with Crippen molar-refractivity contribution in [3.05, 3.63) is 48.0 Å². The van der Waals surface area contributed by atoms with Crippen LogP contribution < -0.4 is 10.6 Å². The third-order valence-corrected chi connectivity index (χ3v) is 5.52. The molecule has 2 aromatic carbocycles. The Morgan fingerprint density at radius 3 is 2.55 bits per heavy atom. The molecule has 2 aromatic rings. The zero-order chi connectivity index (χ0) is 20.8. The van der Waals surface area contributed by atoms with Crippen LogP contribution in [0.1, 0.15) is 49.9 Å². The molecular formula is C23H28N2O4. The molecule has 2 amide bonds. The van der Waals surface area contributed by atoms with E-state index in [0.29, 0.717) is 11.5 Å². The third kappa shape index (κ3) is 5.56. The third-order valence-electron chi connectivity index (χ3n) is 5.52. The first-order chi connectivity index (χ1) is 13.9. The van der Waals surface area contributed by atoms with E-state index in [2.05, 4.69) is 17.6 Å². The van der Waals surface area contributed by atoms with Crippen molar-refractivity contribution in [3.8, 4) is 0 Å². The first kappa shape index (κ1) is 20.8. The molecule has 0 bridgehead atoms. The first-order valence-corrected chi connectivity index (χ1v) is 10.2. The van der Waals surface area contributed by atoms with Gasteiger partial charge in [-0.3, -0.25) is 14.4 Å². The molecule has 6 nitrogen and oxygen atoms in total. The van der Waals surface area contributed by atoms with Crippen LogP contribution in [0.25, 0.3) is 10.8 Å². The molecule has 0 radical (unpaired) electrons. The Bertz CT molecular complexity index is 895. The van der Waals surface area contributed by atoms with E-state index in [1.807, 2.05) is 30.3 Å². The second kappa shape index (κ2) is 9.54. The Labute approximate surface area is 171 Å². The fourth-order valence-corrected chi connectivity index (χ4v) is 3.71. The fourth-order valence-electron chi connectivity index (χ4n) is 3.71. The highest BCUT2D eigenvalue weighted by Crippen LogP contribution is 2.23. The number of hydrogen-bond donors (Lipinski definition) is 2. The van der Waals surface area contributed by atoms with Gasteiger partial charge in [-0.25, -0.2) is 0 Å². The minimum absolute atomic E-state index is 0.130. The summed E-state index contributed by atoms with van der Waals surface area (Å²) in [4.78, 5) is 36.7. The largest absolute Gasteiger partial charge is 0.451 e. The van der Waals surface area contributed by atoms with Crippen LogP contribution in [0.15, 0.2) is 42.5 Å². The van der Waals surface area contributed by atoms with E-state index in [1.165, 1.54) is 6.42 Å². The van der Waals surface area contributed by atoms with Crippen molar-refractivity contribution in [2.45, 2.75) is 51.7 Å². The smallest absolute Gasteiger partial charge is 0.326 e. The highest BCUT2D eigenvalue weighted by molar-refractivity contribution is 5.99. The first-order valence-electron chi connectivity index (χ1n) is 10.2. The van der Waals surface area contributed by atoms with Crippen molar-refractivity contribution in [2.75, 3.05) is 6.54 Å². The summed E-state index contributed by atoms with van der Waals surface area (Å²) in [7, 11) is 0. The molecule has 154 valence electrons. The summed E-state index contributed by atoms with van der Waals surface area (Å²) >= 11 is 0. The number of esters is 1. The van der Waals surface area contributed by atoms with Gasteiger partial charge in [0.15, 0.2) is 6.10 Å². The van der Waals surface area contributed by atoms with Gasteiger partial charge in [0.2, 0.25) is 0 Å². The number of benzene rings is 2. The predicted octanol–water partition coefficient (Wildman–Crippen LogP) is 3.20. The normalized spacial score (nSPS) is 19.9. The number of ether oxygens (including phenoxy) is 1. The van der Waals surface area contributed by atoms with Crippen LogP contribution in [-0.4, -0.2) is 36.5 Å². The van der Waals surface area contributed by atoms with E-state index >= 15 is 0 Å². The molecule has 0 heterocycles. The standard InChI is InChI=1S/C23H28N2O4/c1-15-7-3-6-10-20(15)25-22(27)16(2)29-21(26)14-24-23(28)19-12-11-17-8-4-5-9-18(17)13-19/h4-5,8-9,11-13,15-16,20H,3,6-7,10,14H2,1-2H3,(H,24,28)(H,25,27)/t15-,16-,20+/m1/s1. The van der Waals surface area contributed by atoms with Crippen LogP contribution >= 0.6 is 0 Å². The lowest BCUT2D eigenvalue weighted by molar-refractivity contribution is -0.154. The van der Waals surface area contributed by atoms with Gasteiger partial charge < -0.3 is 15.4 Å². The molecular weight excluding hydrogens is 368 g/mol. The van der Waals surface area contributed by atoms with Crippen LogP contribution in [0.3, 0.4) is 0 Å². The Hall–Kier alpha value is -2.89. The molecule has 1 aliphatic rings. The number of fused-ring (bicyclic) bond motifs is 1. The van der Waals surface area contributed by atoms with Crippen molar-refractivity contribution >= 4 is 28.6 Å². The Kier molecular flexibility index (Phi) is 6.86. The van der Waals surface area contributed by atoms with E-state index < -0.39 is 12.1 Å². The quantitative estimate of drug-likeness (QED) is 0.735. The Morgan fingerprint density at radius 2 is 1.79 bits per heavy atom. The minimum atomic E-state index is -0.894. The van der Waals surface area contributed by atoms with Gasteiger partial charge in [0.05, 0.1) is 0 Å². The molecule has 1 saturated carbocycles. The van der Waals surface area contributed by atoms with Crippen LogP contribution in [0.4, 0.5) is 0 Å². The number of carbonyl (C=O) groups excluding carboxylic acids is 3. The Morgan fingerprint density at radius 1 is 1.07 bits per heavy atom. The Balaban J connectivity index is 1.46. The summed E-state index contributed by atoms with van der Waals surface area (Å²) < 4.78 is 5.18. The summed E-state index contributed by atoms with van der Waals surface area (Å²) in [5.41, 5.74) is 0.466. The summed E-state index contributed by atoms with van der Waals surface area (Å²) in [6, 6.07) is 13.2. The summed E-state index contributed by atoms with van der Waals surface area (Å²) in [6.07, 6.45) is 3.45. The van der Waals surface area contributed by atoms with Crippen molar-refractivity contribution in [1.29, 1.82) is 0 Å². The number of nitrogens with one attached hydrogen (secondary N) is 2. The van der Waals surface area contributed by atoms with E-state index in [-0.39, 0.29) is 24.4 Å². The van der Waals surface area contributed by atoms with Gasteiger partial charge in [-0.15, -0.1) is 0 Å². The molecule has 0 spiro atoms. The van der Waals surface area contributed by atoms with Gasteiger partial charge in [0.25, 0.3) is 11.8 Å². The maximum atomic E-state index is 12.3. The topological polar surface area (TPSA) is 84.5 Å². The number of amides is 2. The van der Waals surface area contributed by atoms with E-state index in [1.54, 1.807) is 19.1 Å².